The SMILES string of the molecule is CCOc1ccc(C(=O)CCC(=O)Nc2ccc(-c3csnn3)cc2)cc1. The maximum absolute atomic E-state index is 12.2. The first-order valence-corrected chi connectivity index (χ1v) is 9.43. The van der Waals surface area contributed by atoms with Gasteiger partial charge < -0.3 is 10.1 Å². The van der Waals surface area contributed by atoms with E-state index in [9.17, 15) is 9.59 Å². The number of ether oxygens (including phenoxy) is 1. The third kappa shape index (κ3) is 5.21. The summed E-state index contributed by atoms with van der Waals surface area (Å²) in [4.78, 5) is 24.3. The monoisotopic (exact) mass is 381 g/mol. The Morgan fingerprint density at radius 2 is 1.78 bits per heavy atom. The Labute approximate surface area is 161 Å². The topological polar surface area (TPSA) is 81.2 Å². The molecule has 27 heavy (non-hydrogen) atoms. The number of benzene rings is 2. The van der Waals surface area contributed by atoms with Crippen LogP contribution < -0.4 is 10.1 Å². The van der Waals surface area contributed by atoms with Crippen LogP contribution in [0.25, 0.3) is 11.3 Å². The first-order chi connectivity index (χ1) is 13.2. The van der Waals surface area contributed by atoms with Crippen molar-refractivity contribution in [1.29, 1.82) is 0 Å². The van der Waals surface area contributed by atoms with E-state index in [1.165, 1.54) is 11.5 Å². The molecule has 0 atom stereocenters. The molecule has 0 bridgehead atoms. The first kappa shape index (κ1) is 18.7. The van der Waals surface area contributed by atoms with Crippen LogP contribution in [-0.4, -0.2) is 27.9 Å². The molecule has 0 saturated heterocycles. The average molecular weight is 381 g/mol. The molecule has 7 heteroatoms. The van der Waals surface area contributed by atoms with Crippen LogP contribution in [0.4, 0.5) is 5.69 Å². The van der Waals surface area contributed by atoms with Crippen molar-refractivity contribution in [2.45, 2.75) is 19.8 Å². The Morgan fingerprint density at radius 1 is 1.04 bits per heavy atom. The lowest BCUT2D eigenvalue weighted by Gasteiger charge is -2.07. The minimum absolute atomic E-state index is 0.0698. The van der Waals surface area contributed by atoms with Gasteiger partial charge in [0.2, 0.25) is 5.91 Å². The normalized spacial score (nSPS) is 10.4. The van der Waals surface area contributed by atoms with E-state index in [0.717, 1.165) is 17.0 Å². The molecule has 3 aromatic rings. The zero-order valence-electron chi connectivity index (χ0n) is 14.8. The van der Waals surface area contributed by atoms with E-state index in [1.807, 2.05) is 24.4 Å². The quantitative estimate of drug-likeness (QED) is 0.591. The molecule has 0 saturated carbocycles. The van der Waals surface area contributed by atoms with E-state index >= 15 is 0 Å². The van der Waals surface area contributed by atoms with Gasteiger partial charge in [0.05, 0.1) is 6.61 Å². The fourth-order valence-corrected chi connectivity index (χ4v) is 2.98. The van der Waals surface area contributed by atoms with Gasteiger partial charge in [-0.15, -0.1) is 5.10 Å². The molecule has 1 amide bonds. The predicted molar refractivity (Wildman–Crippen MR) is 105 cm³/mol. The summed E-state index contributed by atoms with van der Waals surface area (Å²) in [6.07, 6.45) is 0.284. The number of aromatic nitrogens is 2. The average Bonchev–Trinajstić information content (AvgIpc) is 3.22. The number of hydrogen-bond acceptors (Lipinski definition) is 6. The lowest BCUT2D eigenvalue weighted by Crippen LogP contribution is -2.13. The van der Waals surface area contributed by atoms with Gasteiger partial charge in [0.25, 0.3) is 0 Å². The van der Waals surface area contributed by atoms with Crippen molar-refractivity contribution < 1.29 is 14.3 Å². The van der Waals surface area contributed by atoms with Gasteiger partial charge in [-0.25, -0.2) is 0 Å². The Balaban J connectivity index is 1.49. The Kier molecular flexibility index (Phi) is 6.27. The number of ketones is 1. The highest BCUT2D eigenvalue weighted by molar-refractivity contribution is 7.03. The van der Waals surface area contributed by atoms with Crippen molar-refractivity contribution in [3.8, 4) is 17.0 Å². The maximum atomic E-state index is 12.2. The zero-order valence-corrected chi connectivity index (χ0v) is 15.7. The van der Waals surface area contributed by atoms with Crippen LogP contribution in [0.2, 0.25) is 0 Å². The molecule has 0 radical (unpaired) electrons. The molecule has 0 unspecified atom stereocenters. The van der Waals surface area contributed by atoms with Gasteiger partial charge in [0.1, 0.15) is 11.4 Å². The van der Waals surface area contributed by atoms with Crippen LogP contribution in [0, 0.1) is 0 Å². The first-order valence-electron chi connectivity index (χ1n) is 8.59. The highest BCUT2D eigenvalue weighted by atomic mass is 32.1. The molecule has 0 aliphatic rings. The molecule has 2 aromatic carbocycles. The lowest BCUT2D eigenvalue weighted by atomic mass is 10.1. The van der Waals surface area contributed by atoms with Crippen LogP contribution >= 0.6 is 11.5 Å². The molecule has 1 aromatic heterocycles. The molecular weight excluding hydrogens is 362 g/mol. The second kappa shape index (κ2) is 9.05. The molecule has 0 fully saturated rings. The van der Waals surface area contributed by atoms with Crippen LogP contribution in [0.5, 0.6) is 5.75 Å². The number of carbonyl (C=O) groups is 2. The number of anilines is 1. The van der Waals surface area contributed by atoms with Crippen LogP contribution in [0.3, 0.4) is 0 Å². The fourth-order valence-electron chi connectivity index (χ4n) is 2.51. The van der Waals surface area contributed by atoms with Crippen molar-refractivity contribution >= 4 is 28.9 Å². The van der Waals surface area contributed by atoms with E-state index in [1.54, 1.807) is 36.4 Å². The van der Waals surface area contributed by atoms with Crippen LogP contribution in [-0.2, 0) is 4.79 Å². The summed E-state index contributed by atoms with van der Waals surface area (Å²) in [7, 11) is 0. The van der Waals surface area contributed by atoms with Crippen molar-refractivity contribution in [2.75, 3.05) is 11.9 Å². The number of hydrogen-bond donors (Lipinski definition) is 1. The minimum atomic E-state index is -0.197. The number of nitrogens with one attached hydrogen (secondary N) is 1. The summed E-state index contributed by atoms with van der Waals surface area (Å²) in [5, 5.41) is 8.67. The smallest absolute Gasteiger partial charge is 0.224 e. The number of carbonyl (C=O) groups excluding carboxylic acids is 2. The predicted octanol–water partition coefficient (Wildman–Crippen LogP) is 4.21. The van der Waals surface area contributed by atoms with Crippen molar-refractivity contribution in [3.05, 3.63) is 59.5 Å². The molecule has 1 N–H and O–H groups in total. The second-order valence-corrected chi connectivity index (χ2v) is 6.41. The van der Waals surface area contributed by atoms with E-state index in [-0.39, 0.29) is 24.5 Å². The third-order valence-electron chi connectivity index (χ3n) is 3.89. The zero-order chi connectivity index (χ0) is 19.1. The number of rotatable bonds is 8. The number of amides is 1. The maximum Gasteiger partial charge on any atom is 0.224 e. The molecule has 1 heterocycles. The summed E-state index contributed by atoms with van der Waals surface area (Å²) in [5.41, 5.74) is 3.00. The summed E-state index contributed by atoms with van der Waals surface area (Å²) in [6.45, 7) is 2.48. The van der Waals surface area contributed by atoms with Crippen molar-refractivity contribution in [3.63, 3.8) is 0 Å². The van der Waals surface area contributed by atoms with Gasteiger partial charge >= 0.3 is 0 Å². The molecule has 6 nitrogen and oxygen atoms in total. The van der Waals surface area contributed by atoms with Crippen LogP contribution in [0.15, 0.2) is 53.9 Å². The largest absolute Gasteiger partial charge is 0.494 e. The lowest BCUT2D eigenvalue weighted by molar-refractivity contribution is -0.116. The highest BCUT2D eigenvalue weighted by Crippen LogP contribution is 2.20. The molecule has 0 aliphatic carbocycles. The Bertz CT molecular complexity index is 891. The van der Waals surface area contributed by atoms with E-state index in [4.69, 9.17) is 4.74 Å². The summed E-state index contributed by atoms with van der Waals surface area (Å²) in [5.74, 6) is 0.459. The molecule has 138 valence electrons. The molecule has 0 aliphatic heterocycles. The Hall–Kier alpha value is -3.06. The number of Topliss-reactive ketones (excluding diaryl/α,β-unsaturated/α-hetero) is 1. The van der Waals surface area contributed by atoms with Crippen molar-refractivity contribution in [1.82, 2.24) is 9.59 Å². The summed E-state index contributed by atoms with van der Waals surface area (Å²) in [6, 6.07) is 14.3. The van der Waals surface area contributed by atoms with Gasteiger partial charge in [0.15, 0.2) is 5.78 Å². The van der Waals surface area contributed by atoms with Gasteiger partial charge in [-0.1, -0.05) is 16.6 Å². The standard InChI is InChI=1S/C20H19N3O3S/c1-2-26-17-9-5-15(6-10-17)19(24)11-12-20(25)21-16-7-3-14(4-8-16)18-13-27-23-22-18/h3-10,13H,2,11-12H2,1H3,(H,21,25). The fraction of sp³-hybridized carbons (Fsp3) is 0.200. The Morgan fingerprint density at radius 3 is 2.41 bits per heavy atom. The molecule has 3 rings (SSSR count). The number of nitrogens with zero attached hydrogens (tertiary/aromatic N) is 2. The van der Waals surface area contributed by atoms with Gasteiger partial charge in [0, 0.05) is 35.0 Å². The second-order valence-electron chi connectivity index (χ2n) is 5.80. The van der Waals surface area contributed by atoms with E-state index in [0.29, 0.717) is 17.9 Å². The van der Waals surface area contributed by atoms with Crippen molar-refractivity contribution in [2.24, 2.45) is 0 Å². The third-order valence-corrected chi connectivity index (χ3v) is 4.40. The van der Waals surface area contributed by atoms with E-state index < -0.39 is 0 Å². The minimum Gasteiger partial charge on any atom is -0.494 e. The van der Waals surface area contributed by atoms with E-state index in [2.05, 4.69) is 14.9 Å². The molecule has 0 spiro atoms. The molecular formula is C20H19N3O3S. The van der Waals surface area contributed by atoms with Gasteiger partial charge in [-0.3, -0.25) is 9.59 Å². The van der Waals surface area contributed by atoms with Crippen LogP contribution in [0.1, 0.15) is 30.1 Å². The van der Waals surface area contributed by atoms with Gasteiger partial charge in [-0.2, -0.15) is 0 Å². The van der Waals surface area contributed by atoms with Gasteiger partial charge in [-0.05, 0) is 54.9 Å². The summed E-state index contributed by atoms with van der Waals surface area (Å²) >= 11 is 1.29. The summed E-state index contributed by atoms with van der Waals surface area (Å²) < 4.78 is 9.19. The highest BCUT2D eigenvalue weighted by Gasteiger charge is 2.10.